The standard InChI is InChI=1S/C12H14BrClN2/c1-2-16(7-3-6-15)12-5-4-11(13)8-10(12)9-14/h4-5,8H,2-3,7,9H2,1H3. The smallest absolute Gasteiger partial charge is 0.0640 e. The van der Waals surface area contributed by atoms with E-state index in [4.69, 9.17) is 16.9 Å². The molecule has 86 valence electrons. The number of hydrogen-bond acceptors (Lipinski definition) is 2. The van der Waals surface area contributed by atoms with Crippen LogP contribution in [-0.4, -0.2) is 13.1 Å². The van der Waals surface area contributed by atoms with Gasteiger partial charge in [0, 0.05) is 29.1 Å². The number of nitriles is 1. The van der Waals surface area contributed by atoms with Gasteiger partial charge in [-0.15, -0.1) is 11.6 Å². The molecule has 1 aromatic carbocycles. The van der Waals surface area contributed by atoms with Crippen LogP contribution >= 0.6 is 27.5 Å². The van der Waals surface area contributed by atoms with Gasteiger partial charge in [0.05, 0.1) is 12.5 Å². The third-order valence-electron chi connectivity index (χ3n) is 2.40. The second-order valence-corrected chi connectivity index (χ2v) is 4.58. The van der Waals surface area contributed by atoms with E-state index in [1.807, 2.05) is 18.2 Å². The zero-order chi connectivity index (χ0) is 12.0. The zero-order valence-corrected chi connectivity index (χ0v) is 11.6. The molecular weight excluding hydrogens is 288 g/mol. The summed E-state index contributed by atoms with van der Waals surface area (Å²) >= 11 is 9.36. The first-order chi connectivity index (χ1) is 7.72. The van der Waals surface area contributed by atoms with Crippen LogP contribution < -0.4 is 4.90 Å². The molecule has 0 N–H and O–H groups in total. The Morgan fingerprint density at radius 1 is 1.50 bits per heavy atom. The molecule has 0 aliphatic rings. The van der Waals surface area contributed by atoms with Crippen LogP contribution in [0.15, 0.2) is 22.7 Å². The van der Waals surface area contributed by atoms with Crippen molar-refractivity contribution in [2.45, 2.75) is 19.2 Å². The van der Waals surface area contributed by atoms with Gasteiger partial charge in [0.25, 0.3) is 0 Å². The molecule has 0 aromatic heterocycles. The molecule has 0 aliphatic carbocycles. The van der Waals surface area contributed by atoms with Crippen LogP contribution in [0.2, 0.25) is 0 Å². The van der Waals surface area contributed by atoms with Crippen LogP contribution in [0.3, 0.4) is 0 Å². The Morgan fingerprint density at radius 3 is 2.81 bits per heavy atom. The predicted octanol–water partition coefficient (Wildman–Crippen LogP) is 3.93. The van der Waals surface area contributed by atoms with Gasteiger partial charge in [-0.1, -0.05) is 15.9 Å². The molecule has 2 nitrogen and oxygen atoms in total. The van der Waals surface area contributed by atoms with Crippen molar-refractivity contribution in [3.8, 4) is 6.07 Å². The minimum Gasteiger partial charge on any atom is -0.371 e. The first-order valence-corrected chi connectivity index (χ1v) is 6.52. The van der Waals surface area contributed by atoms with Crippen molar-refractivity contribution >= 4 is 33.2 Å². The second-order valence-electron chi connectivity index (χ2n) is 3.39. The molecule has 0 heterocycles. The van der Waals surface area contributed by atoms with E-state index in [2.05, 4.69) is 33.8 Å². The minimum atomic E-state index is 0.484. The Kier molecular flexibility index (Phi) is 5.65. The van der Waals surface area contributed by atoms with Gasteiger partial charge in [-0.2, -0.15) is 5.26 Å². The number of anilines is 1. The highest BCUT2D eigenvalue weighted by Gasteiger charge is 2.09. The van der Waals surface area contributed by atoms with E-state index in [-0.39, 0.29) is 0 Å². The van der Waals surface area contributed by atoms with Crippen molar-refractivity contribution < 1.29 is 0 Å². The Labute approximate surface area is 110 Å². The summed E-state index contributed by atoms with van der Waals surface area (Å²) in [5.41, 5.74) is 2.21. The predicted molar refractivity (Wildman–Crippen MR) is 71.8 cm³/mol. The number of nitrogens with zero attached hydrogens (tertiary/aromatic N) is 2. The van der Waals surface area contributed by atoms with Crippen LogP contribution in [0.25, 0.3) is 0 Å². The molecule has 0 atom stereocenters. The first kappa shape index (κ1) is 13.3. The van der Waals surface area contributed by atoms with Gasteiger partial charge in [0.2, 0.25) is 0 Å². The minimum absolute atomic E-state index is 0.484. The summed E-state index contributed by atoms with van der Waals surface area (Å²) in [4.78, 5) is 2.17. The number of halogens is 2. The van der Waals surface area contributed by atoms with Gasteiger partial charge in [0.1, 0.15) is 0 Å². The van der Waals surface area contributed by atoms with Gasteiger partial charge >= 0.3 is 0 Å². The summed E-state index contributed by atoms with van der Waals surface area (Å²) in [7, 11) is 0. The highest BCUT2D eigenvalue weighted by molar-refractivity contribution is 9.10. The van der Waals surface area contributed by atoms with Gasteiger partial charge in [-0.3, -0.25) is 0 Å². The lowest BCUT2D eigenvalue weighted by molar-refractivity contribution is 0.823. The SMILES string of the molecule is CCN(CCC#N)c1ccc(Br)cc1CCl. The van der Waals surface area contributed by atoms with E-state index in [1.165, 1.54) is 0 Å². The number of alkyl halides is 1. The van der Waals surface area contributed by atoms with Crippen molar-refractivity contribution in [1.29, 1.82) is 5.26 Å². The average molecular weight is 302 g/mol. The first-order valence-electron chi connectivity index (χ1n) is 5.19. The van der Waals surface area contributed by atoms with Gasteiger partial charge in [-0.05, 0) is 30.7 Å². The summed E-state index contributed by atoms with van der Waals surface area (Å²) in [6.07, 6.45) is 0.533. The van der Waals surface area contributed by atoms with Crippen molar-refractivity contribution in [3.05, 3.63) is 28.2 Å². The molecule has 0 aliphatic heterocycles. The zero-order valence-electron chi connectivity index (χ0n) is 9.21. The highest BCUT2D eigenvalue weighted by atomic mass is 79.9. The summed E-state index contributed by atoms with van der Waals surface area (Å²) in [5, 5.41) is 8.62. The third kappa shape index (κ3) is 3.40. The molecule has 0 bridgehead atoms. The monoisotopic (exact) mass is 300 g/mol. The van der Waals surface area contributed by atoms with Crippen LogP contribution in [0.1, 0.15) is 18.9 Å². The Balaban J connectivity index is 2.95. The van der Waals surface area contributed by atoms with E-state index < -0.39 is 0 Å². The Hall–Kier alpha value is -0.720. The lowest BCUT2D eigenvalue weighted by Crippen LogP contribution is -2.24. The van der Waals surface area contributed by atoms with E-state index >= 15 is 0 Å². The van der Waals surface area contributed by atoms with Crippen LogP contribution in [0.4, 0.5) is 5.69 Å². The van der Waals surface area contributed by atoms with E-state index in [9.17, 15) is 0 Å². The number of hydrogen-bond donors (Lipinski definition) is 0. The fourth-order valence-corrected chi connectivity index (χ4v) is 2.23. The molecule has 1 rings (SSSR count). The second kappa shape index (κ2) is 6.78. The summed E-state index contributed by atoms with van der Waals surface area (Å²) < 4.78 is 1.03. The van der Waals surface area contributed by atoms with Crippen LogP contribution in [0, 0.1) is 11.3 Å². The summed E-state index contributed by atoms with van der Waals surface area (Å²) in [6, 6.07) is 8.24. The lowest BCUT2D eigenvalue weighted by atomic mass is 10.1. The maximum atomic E-state index is 8.62. The molecule has 0 saturated carbocycles. The van der Waals surface area contributed by atoms with E-state index in [1.54, 1.807) is 0 Å². The van der Waals surface area contributed by atoms with E-state index in [0.29, 0.717) is 12.3 Å². The largest absolute Gasteiger partial charge is 0.371 e. The lowest BCUT2D eigenvalue weighted by Gasteiger charge is -2.24. The molecule has 0 unspecified atom stereocenters. The molecule has 4 heteroatoms. The average Bonchev–Trinajstić information content (AvgIpc) is 2.31. The van der Waals surface area contributed by atoms with E-state index in [0.717, 1.165) is 28.8 Å². The fourth-order valence-electron chi connectivity index (χ4n) is 1.60. The third-order valence-corrected chi connectivity index (χ3v) is 3.18. The topological polar surface area (TPSA) is 27.0 Å². The normalized spacial score (nSPS) is 9.88. The van der Waals surface area contributed by atoms with Crippen molar-refractivity contribution in [2.75, 3.05) is 18.0 Å². The molecule has 0 spiro atoms. The Bertz CT molecular complexity index is 387. The molecule has 0 radical (unpaired) electrons. The fraction of sp³-hybridized carbons (Fsp3) is 0.417. The quantitative estimate of drug-likeness (QED) is 0.771. The maximum Gasteiger partial charge on any atom is 0.0640 e. The molecule has 0 amide bonds. The molecule has 1 aromatic rings. The van der Waals surface area contributed by atoms with Crippen LogP contribution in [-0.2, 0) is 5.88 Å². The number of rotatable bonds is 5. The molecule has 0 fully saturated rings. The molecular formula is C12H14BrClN2. The van der Waals surface area contributed by atoms with Gasteiger partial charge in [0.15, 0.2) is 0 Å². The van der Waals surface area contributed by atoms with Crippen molar-refractivity contribution in [3.63, 3.8) is 0 Å². The van der Waals surface area contributed by atoms with Crippen molar-refractivity contribution in [1.82, 2.24) is 0 Å². The summed E-state index contributed by atoms with van der Waals surface area (Å²) in [5.74, 6) is 0.484. The Morgan fingerprint density at radius 2 is 2.25 bits per heavy atom. The highest BCUT2D eigenvalue weighted by Crippen LogP contribution is 2.26. The summed E-state index contributed by atoms with van der Waals surface area (Å²) in [6.45, 7) is 3.71. The van der Waals surface area contributed by atoms with Gasteiger partial charge in [-0.25, -0.2) is 0 Å². The maximum absolute atomic E-state index is 8.62. The van der Waals surface area contributed by atoms with Crippen LogP contribution in [0.5, 0.6) is 0 Å². The van der Waals surface area contributed by atoms with Gasteiger partial charge < -0.3 is 4.90 Å². The number of benzene rings is 1. The van der Waals surface area contributed by atoms with Crippen molar-refractivity contribution in [2.24, 2.45) is 0 Å². The molecule has 16 heavy (non-hydrogen) atoms. The molecule has 0 saturated heterocycles.